The number of imide groups is 1. The molecule has 1 aliphatic heterocycles. The highest BCUT2D eigenvalue weighted by atomic mass is 19.3. The molecule has 4 rings (SSSR count). The van der Waals surface area contributed by atoms with E-state index in [1.54, 1.807) is 58.5 Å². The van der Waals surface area contributed by atoms with Crippen LogP contribution in [0.2, 0.25) is 0 Å². The monoisotopic (exact) mass is 591 g/mol. The molecule has 1 N–H and O–H groups in total. The van der Waals surface area contributed by atoms with Crippen LogP contribution in [0.1, 0.15) is 104 Å². The van der Waals surface area contributed by atoms with Gasteiger partial charge in [-0.1, -0.05) is 6.42 Å². The van der Waals surface area contributed by atoms with Gasteiger partial charge in [0.1, 0.15) is 11.2 Å². The van der Waals surface area contributed by atoms with E-state index >= 15 is 0 Å². The maximum absolute atomic E-state index is 13.9. The van der Waals surface area contributed by atoms with Gasteiger partial charge in [0, 0.05) is 25.3 Å². The maximum atomic E-state index is 13.9. The summed E-state index contributed by atoms with van der Waals surface area (Å²) in [6.07, 6.45) is 4.56. The zero-order chi connectivity index (χ0) is 30.9. The number of likely N-dealkylation sites (tertiary alicyclic amines) is 1. The summed E-state index contributed by atoms with van der Waals surface area (Å²) < 4.78 is 40.4. The molecule has 0 spiro atoms. The first-order valence-corrected chi connectivity index (χ1v) is 14.8. The predicted octanol–water partition coefficient (Wildman–Crippen LogP) is 6.23. The lowest BCUT2D eigenvalue weighted by atomic mass is 9.81. The number of hydrogen-bond acceptors (Lipinski definition) is 7. The third kappa shape index (κ3) is 8.38. The first-order chi connectivity index (χ1) is 19.5. The van der Waals surface area contributed by atoms with E-state index in [4.69, 9.17) is 14.5 Å². The van der Waals surface area contributed by atoms with Crippen molar-refractivity contribution in [2.45, 2.75) is 116 Å². The first kappa shape index (κ1) is 31.6. The lowest BCUT2D eigenvalue weighted by Crippen LogP contribution is -2.43. The van der Waals surface area contributed by atoms with E-state index < -0.39 is 41.3 Å². The number of aromatic nitrogens is 3. The SMILES string of the molecule is CC(C)(C)OC(=O)N[C@H](c1cn2ncc(CC3CCCCN(C(=O)OC(C)(C)C)C3=O)cc2n1)C1CCC(F)(F)CC1. The number of alkyl carbamates (subject to hydrolysis) is 1. The van der Waals surface area contributed by atoms with Crippen molar-refractivity contribution in [2.24, 2.45) is 11.8 Å². The molecule has 42 heavy (non-hydrogen) atoms. The summed E-state index contributed by atoms with van der Waals surface area (Å²) >= 11 is 0. The van der Waals surface area contributed by atoms with E-state index in [1.807, 2.05) is 6.07 Å². The Morgan fingerprint density at radius 1 is 1.07 bits per heavy atom. The van der Waals surface area contributed by atoms with E-state index in [1.165, 1.54) is 4.90 Å². The van der Waals surface area contributed by atoms with Crippen LogP contribution in [-0.4, -0.2) is 61.3 Å². The molecule has 1 saturated carbocycles. The molecule has 2 aromatic heterocycles. The number of rotatable bonds is 5. The molecular formula is C30H43F2N5O5. The first-order valence-electron chi connectivity index (χ1n) is 14.8. The van der Waals surface area contributed by atoms with Gasteiger partial charge in [-0.05, 0) is 91.2 Å². The van der Waals surface area contributed by atoms with Gasteiger partial charge in [-0.3, -0.25) is 4.79 Å². The smallest absolute Gasteiger partial charge is 0.417 e. The molecule has 1 aliphatic carbocycles. The second-order valence-electron chi connectivity index (χ2n) is 13.5. The highest BCUT2D eigenvalue weighted by molar-refractivity contribution is 5.93. The molecule has 2 aliphatic rings. The Bertz CT molecular complexity index is 1290. The fourth-order valence-corrected chi connectivity index (χ4v) is 5.55. The zero-order valence-electron chi connectivity index (χ0n) is 25.4. The number of nitrogens with zero attached hydrogens (tertiary/aromatic N) is 4. The van der Waals surface area contributed by atoms with E-state index in [0.717, 1.165) is 12.0 Å². The van der Waals surface area contributed by atoms with Crippen LogP contribution in [0.3, 0.4) is 0 Å². The van der Waals surface area contributed by atoms with Crippen LogP contribution < -0.4 is 5.32 Å². The Kier molecular flexibility index (Phi) is 9.13. The number of amides is 3. The van der Waals surface area contributed by atoms with Crippen molar-refractivity contribution in [2.75, 3.05) is 6.54 Å². The van der Waals surface area contributed by atoms with Crippen LogP contribution in [0.4, 0.5) is 18.4 Å². The lowest BCUT2D eigenvalue weighted by Gasteiger charge is -2.33. The summed E-state index contributed by atoms with van der Waals surface area (Å²) in [5.74, 6) is -3.63. The molecule has 2 atom stereocenters. The number of hydrogen-bond donors (Lipinski definition) is 1. The fourth-order valence-electron chi connectivity index (χ4n) is 5.55. The molecule has 0 bridgehead atoms. The number of ether oxygens (including phenoxy) is 2. The highest BCUT2D eigenvalue weighted by Gasteiger charge is 2.40. The zero-order valence-corrected chi connectivity index (χ0v) is 25.4. The number of imidazole rings is 1. The van der Waals surface area contributed by atoms with Crippen LogP contribution in [0.15, 0.2) is 18.5 Å². The van der Waals surface area contributed by atoms with Gasteiger partial charge < -0.3 is 14.8 Å². The standard InChI is InChI=1S/C30H43F2N5O5/c1-28(2,3)41-26(39)35-24(20-10-12-30(31,32)13-11-20)22-18-37-23(34-22)16-19(17-33-37)15-21-9-7-8-14-36(25(21)38)27(40)42-29(4,5)6/h16-18,20-21,24H,7-15H2,1-6H3,(H,35,39)/t21?,24-/m0/s1. The van der Waals surface area contributed by atoms with Crippen molar-refractivity contribution in [3.05, 3.63) is 29.7 Å². The molecule has 2 aromatic rings. The number of alkyl halides is 2. The largest absolute Gasteiger partial charge is 0.444 e. The maximum Gasteiger partial charge on any atom is 0.417 e. The van der Waals surface area contributed by atoms with Crippen molar-refractivity contribution in [1.29, 1.82) is 0 Å². The second-order valence-corrected chi connectivity index (χ2v) is 13.5. The van der Waals surface area contributed by atoms with Gasteiger partial charge in [0.15, 0.2) is 5.65 Å². The Balaban J connectivity index is 1.54. The normalized spacial score (nSPS) is 21.1. The predicted molar refractivity (Wildman–Crippen MR) is 151 cm³/mol. The van der Waals surface area contributed by atoms with Gasteiger partial charge in [-0.2, -0.15) is 5.10 Å². The fraction of sp³-hybridized carbons (Fsp3) is 0.700. The minimum absolute atomic E-state index is 0.234. The van der Waals surface area contributed by atoms with Crippen molar-refractivity contribution in [1.82, 2.24) is 24.8 Å². The number of nitrogens with one attached hydrogen (secondary N) is 1. The molecular weight excluding hydrogens is 548 g/mol. The molecule has 0 aromatic carbocycles. The van der Waals surface area contributed by atoms with Gasteiger partial charge in [-0.25, -0.2) is 32.8 Å². The highest BCUT2D eigenvalue weighted by Crippen LogP contribution is 2.41. The van der Waals surface area contributed by atoms with Crippen LogP contribution >= 0.6 is 0 Å². The van der Waals surface area contributed by atoms with Crippen molar-refractivity contribution < 1.29 is 32.6 Å². The number of carbonyl (C=O) groups is 3. The summed E-state index contributed by atoms with van der Waals surface area (Å²) in [4.78, 5) is 44.7. The van der Waals surface area contributed by atoms with Gasteiger partial charge in [-0.15, -0.1) is 0 Å². The van der Waals surface area contributed by atoms with Crippen molar-refractivity contribution in [3.63, 3.8) is 0 Å². The summed E-state index contributed by atoms with van der Waals surface area (Å²) in [6.45, 7) is 10.9. The number of halogens is 2. The molecule has 10 nitrogen and oxygen atoms in total. The molecule has 232 valence electrons. The Morgan fingerprint density at radius 2 is 1.74 bits per heavy atom. The lowest BCUT2D eigenvalue weighted by molar-refractivity contribution is -0.134. The molecule has 12 heteroatoms. The molecule has 1 saturated heterocycles. The minimum atomic E-state index is -2.71. The molecule has 0 radical (unpaired) electrons. The Labute approximate surface area is 245 Å². The quantitative estimate of drug-likeness (QED) is 0.439. The van der Waals surface area contributed by atoms with Gasteiger partial charge >= 0.3 is 12.2 Å². The van der Waals surface area contributed by atoms with Crippen molar-refractivity contribution in [3.8, 4) is 0 Å². The summed E-state index contributed by atoms with van der Waals surface area (Å²) in [6, 6.07) is 1.19. The Hall–Kier alpha value is -3.31. The minimum Gasteiger partial charge on any atom is -0.444 e. The van der Waals surface area contributed by atoms with E-state index in [0.29, 0.717) is 37.1 Å². The molecule has 3 heterocycles. The van der Waals surface area contributed by atoms with E-state index in [9.17, 15) is 23.2 Å². The third-order valence-electron chi connectivity index (χ3n) is 7.52. The Morgan fingerprint density at radius 3 is 2.38 bits per heavy atom. The topological polar surface area (TPSA) is 115 Å². The summed E-state index contributed by atoms with van der Waals surface area (Å²) in [5.41, 5.74) is 0.351. The van der Waals surface area contributed by atoms with Crippen LogP contribution in [-0.2, 0) is 20.7 Å². The number of fused-ring (bicyclic) bond motifs is 1. The average Bonchev–Trinajstić information content (AvgIpc) is 3.18. The van der Waals surface area contributed by atoms with Gasteiger partial charge in [0.2, 0.25) is 11.8 Å². The third-order valence-corrected chi connectivity index (χ3v) is 7.52. The molecule has 3 amide bonds. The van der Waals surface area contributed by atoms with Crippen LogP contribution in [0, 0.1) is 11.8 Å². The van der Waals surface area contributed by atoms with Crippen molar-refractivity contribution >= 4 is 23.7 Å². The molecule has 2 fully saturated rings. The average molecular weight is 592 g/mol. The van der Waals surface area contributed by atoms with Gasteiger partial charge in [0.25, 0.3) is 0 Å². The van der Waals surface area contributed by atoms with E-state index in [-0.39, 0.29) is 37.5 Å². The summed E-state index contributed by atoms with van der Waals surface area (Å²) in [7, 11) is 0. The molecule has 1 unspecified atom stereocenters. The van der Waals surface area contributed by atoms with E-state index in [2.05, 4.69) is 10.4 Å². The second kappa shape index (κ2) is 12.1. The van der Waals surface area contributed by atoms with Gasteiger partial charge in [0.05, 0.1) is 24.1 Å². The summed E-state index contributed by atoms with van der Waals surface area (Å²) in [5, 5.41) is 7.35. The van der Waals surface area contributed by atoms with Crippen LogP contribution in [0.25, 0.3) is 5.65 Å². The van der Waals surface area contributed by atoms with Crippen LogP contribution in [0.5, 0.6) is 0 Å². The number of carbonyl (C=O) groups excluding carboxylic acids is 3.